The maximum Gasteiger partial charge on any atom is 0.241 e. The standard InChI is InChI=1S/C16H23F2N3O/c17-15(18)11-5-6-21(14(7-11)16(19)22)13-3-1-10(2-4-13)12-8-20-9-12/h1-4,11-12,14-16,20,22H,5-9,19H2/t11?,14-,16?/m0/s1. The molecule has 2 unspecified atom stereocenters. The van der Waals surface area contributed by atoms with Crippen LogP contribution in [0.2, 0.25) is 0 Å². The highest BCUT2D eigenvalue weighted by molar-refractivity contribution is 5.50. The molecule has 4 nitrogen and oxygen atoms in total. The first-order valence-electron chi connectivity index (χ1n) is 7.85. The van der Waals surface area contributed by atoms with Gasteiger partial charge in [-0.3, -0.25) is 0 Å². The zero-order valence-corrected chi connectivity index (χ0v) is 12.5. The maximum absolute atomic E-state index is 12.9. The van der Waals surface area contributed by atoms with Crippen molar-refractivity contribution in [3.8, 4) is 0 Å². The quantitative estimate of drug-likeness (QED) is 0.738. The van der Waals surface area contributed by atoms with Crippen molar-refractivity contribution in [3.63, 3.8) is 0 Å². The summed E-state index contributed by atoms with van der Waals surface area (Å²) in [7, 11) is 0. The van der Waals surface area contributed by atoms with Crippen LogP contribution in [-0.4, -0.2) is 43.4 Å². The second-order valence-electron chi connectivity index (χ2n) is 6.32. The Morgan fingerprint density at radius 2 is 1.91 bits per heavy atom. The van der Waals surface area contributed by atoms with E-state index in [-0.39, 0.29) is 6.42 Å². The number of nitrogens with one attached hydrogen (secondary N) is 1. The highest BCUT2D eigenvalue weighted by atomic mass is 19.3. The lowest BCUT2D eigenvalue weighted by atomic mass is 9.89. The number of benzene rings is 1. The first kappa shape index (κ1) is 15.6. The molecule has 1 aromatic rings. The average Bonchev–Trinajstić information content (AvgIpc) is 2.45. The molecular weight excluding hydrogens is 288 g/mol. The van der Waals surface area contributed by atoms with E-state index >= 15 is 0 Å². The van der Waals surface area contributed by atoms with E-state index in [1.165, 1.54) is 5.56 Å². The molecular formula is C16H23F2N3O. The van der Waals surface area contributed by atoms with E-state index in [0.717, 1.165) is 18.8 Å². The summed E-state index contributed by atoms with van der Waals surface area (Å²) in [6.07, 6.45) is -2.81. The molecule has 0 spiro atoms. The molecule has 6 heteroatoms. The Labute approximate surface area is 129 Å². The van der Waals surface area contributed by atoms with E-state index in [2.05, 4.69) is 17.4 Å². The summed E-state index contributed by atoms with van der Waals surface area (Å²) in [6.45, 7) is 2.50. The van der Waals surface area contributed by atoms with Crippen LogP contribution in [-0.2, 0) is 0 Å². The van der Waals surface area contributed by atoms with Crippen LogP contribution >= 0.6 is 0 Å². The number of hydrogen-bond donors (Lipinski definition) is 3. The summed E-state index contributed by atoms with van der Waals surface area (Å²) in [6, 6.07) is 7.72. The van der Waals surface area contributed by atoms with E-state index in [1.54, 1.807) is 0 Å². The van der Waals surface area contributed by atoms with Crippen LogP contribution in [0.15, 0.2) is 24.3 Å². The molecule has 1 aromatic carbocycles. The monoisotopic (exact) mass is 311 g/mol. The van der Waals surface area contributed by atoms with E-state index in [9.17, 15) is 13.9 Å². The lowest BCUT2D eigenvalue weighted by molar-refractivity contribution is 0.0358. The van der Waals surface area contributed by atoms with Crippen LogP contribution in [0.1, 0.15) is 24.3 Å². The van der Waals surface area contributed by atoms with Gasteiger partial charge in [0.2, 0.25) is 6.43 Å². The van der Waals surface area contributed by atoms with E-state index in [4.69, 9.17) is 5.73 Å². The van der Waals surface area contributed by atoms with Crippen LogP contribution in [0.25, 0.3) is 0 Å². The molecule has 3 rings (SSSR count). The largest absolute Gasteiger partial charge is 0.377 e. The predicted molar refractivity (Wildman–Crippen MR) is 82.1 cm³/mol. The number of anilines is 1. The van der Waals surface area contributed by atoms with Gasteiger partial charge >= 0.3 is 0 Å². The normalized spacial score (nSPS) is 27.8. The minimum absolute atomic E-state index is 0.226. The van der Waals surface area contributed by atoms with Gasteiger partial charge in [0.15, 0.2) is 0 Å². The van der Waals surface area contributed by atoms with Gasteiger partial charge < -0.3 is 21.1 Å². The van der Waals surface area contributed by atoms with E-state index in [0.29, 0.717) is 18.9 Å². The molecule has 4 N–H and O–H groups in total. The Bertz CT molecular complexity index is 491. The first-order valence-corrected chi connectivity index (χ1v) is 7.85. The number of aliphatic hydroxyl groups excluding tert-OH is 1. The van der Waals surface area contributed by atoms with Crippen molar-refractivity contribution >= 4 is 5.69 Å². The van der Waals surface area contributed by atoms with Crippen molar-refractivity contribution in [2.24, 2.45) is 11.7 Å². The Hall–Kier alpha value is -1.24. The minimum Gasteiger partial charge on any atom is -0.377 e. The van der Waals surface area contributed by atoms with Crippen LogP contribution < -0.4 is 16.0 Å². The van der Waals surface area contributed by atoms with Crippen LogP contribution in [0.5, 0.6) is 0 Å². The van der Waals surface area contributed by atoms with Gasteiger partial charge in [-0.05, 0) is 30.5 Å². The lowest BCUT2D eigenvalue weighted by Gasteiger charge is -2.42. The number of piperidine rings is 1. The Morgan fingerprint density at radius 3 is 2.41 bits per heavy atom. The van der Waals surface area contributed by atoms with Gasteiger partial charge in [0, 0.05) is 37.2 Å². The van der Waals surface area contributed by atoms with Crippen molar-refractivity contribution in [2.75, 3.05) is 24.5 Å². The fourth-order valence-electron chi connectivity index (χ4n) is 3.36. The third-order valence-electron chi connectivity index (χ3n) is 4.91. The second-order valence-corrected chi connectivity index (χ2v) is 6.32. The molecule has 0 aliphatic carbocycles. The molecule has 3 atom stereocenters. The summed E-state index contributed by atoms with van der Waals surface area (Å²) in [5.41, 5.74) is 7.86. The number of rotatable bonds is 4. The smallest absolute Gasteiger partial charge is 0.241 e. The molecule has 2 fully saturated rings. The Balaban J connectivity index is 1.74. The molecule has 0 saturated carbocycles. The van der Waals surface area contributed by atoms with Gasteiger partial charge in [0.05, 0.1) is 6.04 Å². The van der Waals surface area contributed by atoms with Crippen molar-refractivity contribution in [1.29, 1.82) is 0 Å². The third kappa shape index (κ3) is 3.09. The summed E-state index contributed by atoms with van der Waals surface area (Å²) < 4.78 is 25.9. The lowest BCUT2D eigenvalue weighted by Crippen LogP contribution is -2.53. The number of hydrogen-bond acceptors (Lipinski definition) is 4. The van der Waals surface area contributed by atoms with Crippen molar-refractivity contribution in [2.45, 2.75) is 37.5 Å². The molecule has 122 valence electrons. The zero-order valence-electron chi connectivity index (χ0n) is 12.5. The third-order valence-corrected chi connectivity index (χ3v) is 4.91. The van der Waals surface area contributed by atoms with Gasteiger partial charge in [-0.1, -0.05) is 12.1 Å². The SMILES string of the molecule is NC(O)[C@@H]1CC(C(F)F)CCN1c1ccc(C2CNC2)cc1. The molecule has 0 radical (unpaired) electrons. The molecule has 2 aliphatic heterocycles. The number of halogens is 2. The van der Waals surface area contributed by atoms with Gasteiger partial charge in [-0.25, -0.2) is 8.78 Å². The molecule has 2 saturated heterocycles. The topological polar surface area (TPSA) is 61.5 Å². The Morgan fingerprint density at radius 1 is 1.23 bits per heavy atom. The summed E-state index contributed by atoms with van der Waals surface area (Å²) in [5, 5.41) is 13.0. The fourth-order valence-corrected chi connectivity index (χ4v) is 3.36. The predicted octanol–water partition coefficient (Wildman–Crippen LogP) is 1.50. The van der Waals surface area contributed by atoms with Gasteiger partial charge in [0.25, 0.3) is 0 Å². The van der Waals surface area contributed by atoms with Gasteiger partial charge in [-0.2, -0.15) is 0 Å². The molecule has 0 aromatic heterocycles. The van der Waals surface area contributed by atoms with Crippen LogP contribution in [0.3, 0.4) is 0 Å². The van der Waals surface area contributed by atoms with Crippen molar-refractivity contribution in [1.82, 2.24) is 5.32 Å². The number of nitrogens with two attached hydrogens (primary N) is 1. The maximum atomic E-state index is 12.9. The molecule has 0 bridgehead atoms. The van der Waals surface area contributed by atoms with Gasteiger partial charge in [0.1, 0.15) is 6.23 Å². The highest BCUT2D eigenvalue weighted by Crippen LogP contribution is 2.33. The number of alkyl halides is 2. The molecule has 22 heavy (non-hydrogen) atoms. The van der Waals surface area contributed by atoms with Crippen LogP contribution in [0, 0.1) is 5.92 Å². The Kier molecular flexibility index (Phi) is 4.61. The first-order chi connectivity index (χ1) is 10.6. The summed E-state index contributed by atoms with van der Waals surface area (Å²) in [4.78, 5) is 1.96. The van der Waals surface area contributed by atoms with Crippen molar-refractivity contribution in [3.05, 3.63) is 29.8 Å². The highest BCUT2D eigenvalue weighted by Gasteiger charge is 2.36. The number of nitrogens with zero attached hydrogens (tertiary/aromatic N) is 1. The molecule has 2 heterocycles. The minimum atomic E-state index is -2.35. The number of aliphatic hydroxyl groups is 1. The summed E-state index contributed by atoms with van der Waals surface area (Å²) in [5.74, 6) is -0.116. The van der Waals surface area contributed by atoms with Crippen LogP contribution in [0.4, 0.5) is 14.5 Å². The second kappa shape index (κ2) is 6.48. The summed E-state index contributed by atoms with van der Waals surface area (Å²) >= 11 is 0. The van der Waals surface area contributed by atoms with Crippen molar-refractivity contribution < 1.29 is 13.9 Å². The average molecular weight is 311 g/mol. The molecule has 2 aliphatic rings. The fraction of sp³-hybridized carbons (Fsp3) is 0.625. The van der Waals surface area contributed by atoms with Gasteiger partial charge in [-0.15, -0.1) is 0 Å². The van der Waals surface area contributed by atoms with E-state index in [1.807, 2.05) is 17.0 Å². The zero-order chi connectivity index (χ0) is 15.7. The van der Waals surface area contributed by atoms with E-state index < -0.39 is 24.6 Å². The molecule has 0 amide bonds.